The predicted octanol–water partition coefficient (Wildman–Crippen LogP) is 6.29. The summed E-state index contributed by atoms with van der Waals surface area (Å²) in [6.45, 7) is 0. The standard InChI is InChI=1S/C18H12S2/c1(13-3-5-15-7-9-19-17(15)11-13)2-14-4-6-16-8-10-20-18(16)12-14/h1-12H/b2-1+. The maximum Gasteiger partial charge on any atom is 0.0348 e. The van der Waals surface area contributed by atoms with Gasteiger partial charge in [0.1, 0.15) is 0 Å². The number of benzene rings is 2. The van der Waals surface area contributed by atoms with E-state index in [1.807, 2.05) is 0 Å². The molecule has 0 saturated carbocycles. The lowest BCUT2D eigenvalue weighted by molar-refractivity contribution is 1.75. The summed E-state index contributed by atoms with van der Waals surface area (Å²) in [6, 6.07) is 17.6. The second-order valence-electron chi connectivity index (χ2n) is 4.77. The first-order valence-electron chi connectivity index (χ1n) is 6.51. The minimum atomic E-state index is 1.26. The van der Waals surface area contributed by atoms with Crippen LogP contribution >= 0.6 is 22.7 Å². The highest BCUT2D eigenvalue weighted by atomic mass is 32.1. The van der Waals surface area contributed by atoms with Crippen molar-refractivity contribution in [1.29, 1.82) is 0 Å². The Labute approximate surface area is 125 Å². The molecule has 0 nitrogen and oxygen atoms in total. The van der Waals surface area contributed by atoms with Gasteiger partial charge in [-0.2, -0.15) is 0 Å². The highest BCUT2D eigenvalue weighted by Crippen LogP contribution is 2.24. The molecule has 0 aliphatic rings. The zero-order chi connectivity index (χ0) is 13.4. The summed E-state index contributed by atoms with van der Waals surface area (Å²) < 4.78 is 2.70. The van der Waals surface area contributed by atoms with Crippen LogP contribution in [0.3, 0.4) is 0 Å². The van der Waals surface area contributed by atoms with E-state index in [-0.39, 0.29) is 0 Å². The van der Waals surface area contributed by atoms with E-state index in [2.05, 4.69) is 71.4 Å². The van der Waals surface area contributed by atoms with Gasteiger partial charge in [-0.15, -0.1) is 22.7 Å². The van der Waals surface area contributed by atoms with Gasteiger partial charge in [0.15, 0.2) is 0 Å². The Balaban J connectivity index is 1.69. The van der Waals surface area contributed by atoms with E-state index in [0.29, 0.717) is 0 Å². The molecule has 20 heavy (non-hydrogen) atoms. The Morgan fingerprint density at radius 3 is 1.60 bits per heavy atom. The van der Waals surface area contributed by atoms with E-state index in [0.717, 1.165) is 0 Å². The van der Waals surface area contributed by atoms with Crippen LogP contribution in [0.25, 0.3) is 32.3 Å². The maximum absolute atomic E-state index is 2.25. The third kappa shape index (κ3) is 2.17. The molecule has 0 saturated heterocycles. The molecule has 2 aromatic heterocycles. The zero-order valence-electron chi connectivity index (χ0n) is 10.7. The second kappa shape index (κ2) is 4.89. The minimum absolute atomic E-state index is 1.26. The summed E-state index contributed by atoms with van der Waals surface area (Å²) in [7, 11) is 0. The van der Waals surface area contributed by atoms with Crippen LogP contribution in [-0.2, 0) is 0 Å². The van der Waals surface area contributed by atoms with E-state index in [4.69, 9.17) is 0 Å². The molecule has 4 rings (SSSR count). The van der Waals surface area contributed by atoms with E-state index >= 15 is 0 Å². The molecule has 2 aromatic carbocycles. The molecule has 0 bridgehead atoms. The molecule has 2 heterocycles. The molecule has 96 valence electrons. The first-order valence-corrected chi connectivity index (χ1v) is 8.27. The largest absolute Gasteiger partial charge is 0.144 e. The van der Waals surface area contributed by atoms with Gasteiger partial charge in [-0.1, -0.05) is 36.4 Å². The Morgan fingerprint density at radius 1 is 0.600 bits per heavy atom. The third-order valence-electron chi connectivity index (χ3n) is 3.43. The fraction of sp³-hybridized carbons (Fsp3) is 0. The molecule has 0 fully saturated rings. The summed E-state index contributed by atoms with van der Waals surface area (Å²) in [6.07, 6.45) is 4.38. The normalized spacial score (nSPS) is 11.8. The number of hydrogen-bond donors (Lipinski definition) is 0. The Hall–Kier alpha value is -1.90. The fourth-order valence-electron chi connectivity index (χ4n) is 2.34. The third-order valence-corrected chi connectivity index (χ3v) is 5.19. The van der Waals surface area contributed by atoms with Crippen LogP contribution in [0.1, 0.15) is 11.1 Å². The average Bonchev–Trinajstić information content (AvgIpc) is 3.12. The molecule has 0 aliphatic carbocycles. The summed E-state index contributed by atoms with van der Waals surface area (Å²) in [5, 5.41) is 6.94. The monoisotopic (exact) mass is 292 g/mol. The maximum atomic E-state index is 2.25. The highest BCUT2D eigenvalue weighted by Gasteiger charge is 1.97. The van der Waals surface area contributed by atoms with Crippen molar-refractivity contribution in [2.75, 3.05) is 0 Å². The van der Waals surface area contributed by atoms with E-state index in [9.17, 15) is 0 Å². The van der Waals surface area contributed by atoms with Crippen molar-refractivity contribution in [3.8, 4) is 0 Å². The second-order valence-corrected chi connectivity index (χ2v) is 6.66. The number of thiophene rings is 2. The van der Waals surface area contributed by atoms with Crippen LogP contribution in [0.2, 0.25) is 0 Å². The van der Waals surface area contributed by atoms with Gasteiger partial charge in [0, 0.05) is 9.40 Å². The number of fused-ring (bicyclic) bond motifs is 2. The van der Waals surface area contributed by atoms with Gasteiger partial charge in [0.2, 0.25) is 0 Å². The summed E-state index contributed by atoms with van der Waals surface area (Å²) >= 11 is 3.59. The van der Waals surface area contributed by atoms with Crippen molar-refractivity contribution in [2.45, 2.75) is 0 Å². The van der Waals surface area contributed by atoms with Gasteiger partial charge < -0.3 is 0 Å². The SMILES string of the molecule is C(=C\c1ccc2ccsc2c1)/c1ccc2ccsc2c1. The van der Waals surface area contributed by atoms with Crippen molar-refractivity contribution in [1.82, 2.24) is 0 Å². The van der Waals surface area contributed by atoms with Crippen LogP contribution in [0.15, 0.2) is 59.3 Å². The number of rotatable bonds is 2. The molecular formula is C18H12S2. The lowest BCUT2D eigenvalue weighted by Crippen LogP contribution is -1.73. The summed E-state index contributed by atoms with van der Waals surface area (Å²) in [5.74, 6) is 0. The summed E-state index contributed by atoms with van der Waals surface area (Å²) in [4.78, 5) is 0. The molecule has 0 amide bonds. The van der Waals surface area contributed by atoms with Gasteiger partial charge in [0.05, 0.1) is 0 Å². The van der Waals surface area contributed by atoms with Crippen LogP contribution in [0.5, 0.6) is 0 Å². The predicted molar refractivity (Wildman–Crippen MR) is 92.6 cm³/mol. The van der Waals surface area contributed by atoms with Gasteiger partial charge in [-0.05, 0) is 56.9 Å². The highest BCUT2D eigenvalue weighted by molar-refractivity contribution is 7.17. The van der Waals surface area contributed by atoms with E-state index in [1.54, 1.807) is 22.7 Å². The van der Waals surface area contributed by atoms with Gasteiger partial charge in [-0.3, -0.25) is 0 Å². The molecule has 0 atom stereocenters. The quantitative estimate of drug-likeness (QED) is 0.381. The van der Waals surface area contributed by atoms with Gasteiger partial charge >= 0.3 is 0 Å². The average molecular weight is 292 g/mol. The topological polar surface area (TPSA) is 0 Å². The van der Waals surface area contributed by atoms with Gasteiger partial charge in [0.25, 0.3) is 0 Å². The molecule has 0 aliphatic heterocycles. The van der Waals surface area contributed by atoms with Crippen LogP contribution in [-0.4, -0.2) is 0 Å². The molecule has 0 spiro atoms. The van der Waals surface area contributed by atoms with E-state index in [1.165, 1.54) is 31.3 Å². The molecule has 0 radical (unpaired) electrons. The molecule has 0 unspecified atom stereocenters. The zero-order valence-corrected chi connectivity index (χ0v) is 12.4. The van der Waals surface area contributed by atoms with Crippen molar-refractivity contribution >= 4 is 55.0 Å². The Bertz CT molecular complexity index is 833. The summed E-state index contributed by atoms with van der Waals surface area (Å²) in [5.41, 5.74) is 2.51. The Kier molecular flexibility index (Phi) is 2.91. The van der Waals surface area contributed by atoms with Crippen molar-refractivity contribution < 1.29 is 0 Å². The number of hydrogen-bond acceptors (Lipinski definition) is 2. The van der Waals surface area contributed by atoms with Crippen LogP contribution in [0.4, 0.5) is 0 Å². The fourth-order valence-corrected chi connectivity index (χ4v) is 4.02. The lowest BCUT2D eigenvalue weighted by Gasteiger charge is -1.96. The first-order chi connectivity index (χ1) is 9.88. The van der Waals surface area contributed by atoms with Crippen molar-refractivity contribution in [2.24, 2.45) is 0 Å². The van der Waals surface area contributed by atoms with Crippen molar-refractivity contribution in [3.63, 3.8) is 0 Å². The van der Waals surface area contributed by atoms with Gasteiger partial charge in [-0.25, -0.2) is 0 Å². The molecule has 0 N–H and O–H groups in total. The smallest absolute Gasteiger partial charge is 0.0348 e. The van der Waals surface area contributed by atoms with Crippen molar-refractivity contribution in [3.05, 3.63) is 70.4 Å². The van der Waals surface area contributed by atoms with Crippen LogP contribution in [0, 0.1) is 0 Å². The minimum Gasteiger partial charge on any atom is -0.144 e. The lowest BCUT2D eigenvalue weighted by atomic mass is 10.1. The Morgan fingerprint density at radius 2 is 1.10 bits per heavy atom. The van der Waals surface area contributed by atoms with E-state index < -0.39 is 0 Å². The molecule has 4 aromatic rings. The first kappa shape index (κ1) is 11.9. The molecule has 2 heteroatoms. The van der Waals surface area contributed by atoms with Crippen LogP contribution < -0.4 is 0 Å². The molecular weight excluding hydrogens is 280 g/mol.